The van der Waals surface area contributed by atoms with Crippen LogP contribution in [0.2, 0.25) is 5.02 Å². The molecule has 1 aliphatic rings. The number of hydrogen-bond acceptors (Lipinski definition) is 4. The zero-order valence-corrected chi connectivity index (χ0v) is 20.8. The first-order chi connectivity index (χ1) is 16.3. The molecule has 0 atom stereocenters. The van der Waals surface area contributed by atoms with Gasteiger partial charge in [0.2, 0.25) is 0 Å². The van der Waals surface area contributed by atoms with E-state index in [-0.39, 0.29) is 11.9 Å². The van der Waals surface area contributed by atoms with Crippen LogP contribution in [0, 0.1) is 19.8 Å². The highest BCUT2D eigenvalue weighted by molar-refractivity contribution is 6.34. The number of nitrogens with one attached hydrogen (secondary N) is 2. The molecule has 1 fully saturated rings. The Bertz CT molecular complexity index is 1400. The second-order valence-electron chi connectivity index (χ2n) is 9.74. The summed E-state index contributed by atoms with van der Waals surface area (Å²) in [6, 6.07) is 10.2. The Hall–Kier alpha value is -3.12. The Kier molecular flexibility index (Phi) is 5.94. The maximum absolute atomic E-state index is 12.5. The van der Waals surface area contributed by atoms with Gasteiger partial charge in [-0.3, -0.25) is 9.20 Å². The van der Waals surface area contributed by atoms with Gasteiger partial charge in [-0.2, -0.15) is 0 Å². The maximum Gasteiger partial charge on any atom is 0.253 e. The zero-order chi connectivity index (χ0) is 24.0. The van der Waals surface area contributed by atoms with Gasteiger partial charge in [0.25, 0.3) is 5.91 Å². The SMILES string of the molecule is Cc1cc2nc(NCCC(C)C)c3ncc(-c4ccc(C(=O)NC5CC5)c(Cl)c4)n3c2cc1C. The Labute approximate surface area is 204 Å². The average Bonchev–Trinajstić information content (AvgIpc) is 3.48. The highest BCUT2D eigenvalue weighted by Crippen LogP contribution is 2.32. The molecular formula is C27H30ClN5O. The van der Waals surface area contributed by atoms with Crippen molar-refractivity contribution in [2.75, 3.05) is 11.9 Å². The molecule has 0 bridgehead atoms. The van der Waals surface area contributed by atoms with Gasteiger partial charge >= 0.3 is 0 Å². The topological polar surface area (TPSA) is 71.3 Å². The van der Waals surface area contributed by atoms with Crippen molar-refractivity contribution in [2.24, 2.45) is 5.92 Å². The predicted molar refractivity (Wildman–Crippen MR) is 139 cm³/mol. The molecule has 0 unspecified atom stereocenters. The molecule has 1 saturated carbocycles. The number of carbonyl (C=O) groups is 1. The van der Waals surface area contributed by atoms with E-state index in [0.29, 0.717) is 16.5 Å². The summed E-state index contributed by atoms with van der Waals surface area (Å²) in [5.41, 5.74) is 7.39. The molecule has 2 aromatic heterocycles. The number of imidazole rings is 1. The Morgan fingerprint density at radius 3 is 2.65 bits per heavy atom. The van der Waals surface area contributed by atoms with Crippen LogP contribution in [0.3, 0.4) is 0 Å². The summed E-state index contributed by atoms with van der Waals surface area (Å²) in [5.74, 6) is 1.26. The predicted octanol–water partition coefficient (Wildman–Crippen LogP) is 6.17. The molecule has 1 aliphatic carbocycles. The van der Waals surface area contributed by atoms with Crippen LogP contribution < -0.4 is 10.6 Å². The van der Waals surface area contributed by atoms with Gasteiger partial charge in [0.05, 0.1) is 33.5 Å². The third-order valence-electron chi connectivity index (χ3n) is 6.47. The number of aromatic nitrogens is 3. The lowest BCUT2D eigenvalue weighted by Gasteiger charge is -2.14. The van der Waals surface area contributed by atoms with E-state index in [1.165, 1.54) is 11.1 Å². The lowest BCUT2D eigenvalue weighted by molar-refractivity contribution is 0.0951. The van der Waals surface area contributed by atoms with E-state index in [1.807, 2.05) is 18.3 Å². The first-order valence-electron chi connectivity index (χ1n) is 11.9. The molecule has 0 radical (unpaired) electrons. The summed E-state index contributed by atoms with van der Waals surface area (Å²) < 4.78 is 2.14. The van der Waals surface area contributed by atoms with Crippen LogP contribution >= 0.6 is 11.6 Å². The first kappa shape index (κ1) is 22.7. The molecule has 2 N–H and O–H groups in total. The summed E-state index contributed by atoms with van der Waals surface area (Å²) in [6.07, 6.45) is 4.98. The van der Waals surface area contributed by atoms with Gasteiger partial charge in [0, 0.05) is 18.2 Å². The quantitative estimate of drug-likeness (QED) is 0.335. The molecule has 4 aromatic rings. The van der Waals surface area contributed by atoms with Crippen molar-refractivity contribution in [1.29, 1.82) is 0 Å². The lowest BCUT2D eigenvalue weighted by Crippen LogP contribution is -2.25. The number of carbonyl (C=O) groups excluding carboxylic acids is 1. The molecular weight excluding hydrogens is 446 g/mol. The minimum atomic E-state index is -0.116. The summed E-state index contributed by atoms with van der Waals surface area (Å²) >= 11 is 6.57. The van der Waals surface area contributed by atoms with E-state index in [4.69, 9.17) is 21.6 Å². The van der Waals surface area contributed by atoms with Crippen molar-refractivity contribution >= 4 is 40.0 Å². The number of nitrogens with zero attached hydrogens (tertiary/aromatic N) is 3. The van der Waals surface area contributed by atoms with E-state index in [2.05, 4.69) is 54.9 Å². The number of fused-ring (bicyclic) bond motifs is 3. The van der Waals surface area contributed by atoms with Crippen molar-refractivity contribution in [3.63, 3.8) is 0 Å². The van der Waals surface area contributed by atoms with E-state index < -0.39 is 0 Å². The van der Waals surface area contributed by atoms with Crippen LogP contribution in [0.15, 0.2) is 36.5 Å². The Morgan fingerprint density at radius 2 is 1.94 bits per heavy atom. The highest BCUT2D eigenvalue weighted by Gasteiger charge is 2.25. The number of rotatable bonds is 7. The number of aryl methyl sites for hydroxylation is 2. The lowest BCUT2D eigenvalue weighted by atomic mass is 10.1. The van der Waals surface area contributed by atoms with Gasteiger partial charge in [0.1, 0.15) is 0 Å². The fraction of sp³-hybridized carbons (Fsp3) is 0.370. The van der Waals surface area contributed by atoms with Crippen molar-refractivity contribution in [3.8, 4) is 11.3 Å². The third kappa shape index (κ3) is 4.34. The van der Waals surface area contributed by atoms with E-state index in [1.54, 1.807) is 6.07 Å². The van der Waals surface area contributed by atoms with Gasteiger partial charge in [-0.25, -0.2) is 9.97 Å². The number of hydrogen-bond donors (Lipinski definition) is 2. The second-order valence-corrected chi connectivity index (χ2v) is 10.1. The van der Waals surface area contributed by atoms with E-state index >= 15 is 0 Å². The minimum absolute atomic E-state index is 0.116. The van der Waals surface area contributed by atoms with Crippen molar-refractivity contribution in [2.45, 2.75) is 53.0 Å². The molecule has 5 rings (SSSR count). The summed E-state index contributed by atoms with van der Waals surface area (Å²) in [7, 11) is 0. The van der Waals surface area contributed by atoms with Crippen molar-refractivity contribution in [3.05, 3.63) is 58.2 Å². The third-order valence-corrected chi connectivity index (χ3v) is 6.79. The molecule has 0 aliphatic heterocycles. The minimum Gasteiger partial charge on any atom is -0.367 e. The molecule has 2 aromatic carbocycles. The highest BCUT2D eigenvalue weighted by atomic mass is 35.5. The van der Waals surface area contributed by atoms with Crippen LogP contribution in [0.5, 0.6) is 0 Å². The Morgan fingerprint density at radius 1 is 1.18 bits per heavy atom. The first-order valence-corrected chi connectivity index (χ1v) is 12.3. The van der Waals surface area contributed by atoms with Gasteiger partial charge < -0.3 is 10.6 Å². The van der Waals surface area contributed by atoms with Gasteiger partial charge in [-0.15, -0.1) is 0 Å². The van der Waals surface area contributed by atoms with Gasteiger partial charge in [0.15, 0.2) is 11.5 Å². The number of halogens is 1. The molecule has 176 valence electrons. The largest absolute Gasteiger partial charge is 0.367 e. The molecule has 1 amide bonds. The number of anilines is 1. The number of benzene rings is 2. The van der Waals surface area contributed by atoms with Gasteiger partial charge in [-0.1, -0.05) is 31.5 Å². The smallest absolute Gasteiger partial charge is 0.253 e. The van der Waals surface area contributed by atoms with Crippen LogP contribution in [-0.2, 0) is 0 Å². The average molecular weight is 476 g/mol. The fourth-order valence-electron chi connectivity index (χ4n) is 4.14. The van der Waals surface area contributed by atoms with Crippen molar-refractivity contribution in [1.82, 2.24) is 19.7 Å². The molecule has 2 heterocycles. The summed E-state index contributed by atoms with van der Waals surface area (Å²) in [5, 5.41) is 6.94. The molecule has 0 spiro atoms. The fourth-order valence-corrected chi connectivity index (χ4v) is 4.40. The molecule has 34 heavy (non-hydrogen) atoms. The summed E-state index contributed by atoms with van der Waals surface area (Å²) in [4.78, 5) is 22.2. The zero-order valence-electron chi connectivity index (χ0n) is 20.1. The van der Waals surface area contributed by atoms with E-state index in [9.17, 15) is 4.79 Å². The molecule has 0 saturated heterocycles. The second kappa shape index (κ2) is 8.91. The molecule has 6 nitrogen and oxygen atoms in total. The standard InChI is InChI=1S/C27H30ClN5O/c1-15(2)9-10-29-25-26-30-14-24(33(26)23-12-17(4)16(3)11-22(23)32-25)18-5-8-20(21(28)13-18)27(34)31-19-6-7-19/h5,8,11-15,19H,6-7,9-10H2,1-4H3,(H,29,32)(H,31,34). The van der Waals surface area contributed by atoms with Crippen molar-refractivity contribution < 1.29 is 4.79 Å². The monoisotopic (exact) mass is 475 g/mol. The van der Waals surface area contributed by atoms with E-state index in [0.717, 1.165) is 59.6 Å². The normalized spacial score (nSPS) is 13.7. The van der Waals surface area contributed by atoms with Gasteiger partial charge in [-0.05, 0) is 74.4 Å². The Balaban J connectivity index is 1.62. The maximum atomic E-state index is 12.5. The van der Waals surface area contributed by atoms with Crippen LogP contribution in [0.1, 0.15) is 54.6 Å². The number of amides is 1. The summed E-state index contributed by atoms with van der Waals surface area (Å²) in [6.45, 7) is 9.46. The molecule has 7 heteroatoms. The van der Waals surface area contributed by atoms with Crippen LogP contribution in [0.4, 0.5) is 5.82 Å². The van der Waals surface area contributed by atoms with Crippen LogP contribution in [0.25, 0.3) is 27.9 Å². The van der Waals surface area contributed by atoms with Crippen LogP contribution in [-0.4, -0.2) is 32.9 Å².